The molecule has 2 fully saturated rings. The summed E-state index contributed by atoms with van der Waals surface area (Å²) in [7, 11) is 0. The van der Waals surface area contributed by atoms with Crippen LogP contribution in [0.2, 0.25) is 0 Å². The van der Waals surface area contributed by atoms with Crippen LogP contribution in [0.1, 0.15) is 64.2 Å². The van der Waals surface area contributed by atoms with Gasteiger partial charge in [0.25, 0.3) is 0 Å². The first-order valence-corrected chi connectivity index (χ1v) is 6.91. The number of nitrogens with two attached hydrogens (primary N) is 1. The Morgan fingerprint density at radius 3 is 1.44 bits per heavy atom. The van der Waals surface area contributed by atoms with E-state index in [1.165, 1.54) is 38.5 Å². The number of hydrogen-bond donors (Lipinski definition) is 1. The van der Waals surface area contributed by atoms with E-state index in [4.69, 9.17) is 15.2 Å². The summed E-state index contributed by atoms with van der Waals surface area (Å²) >= 11 is 0. The topological polar surface area (TPSA) is 44.5 Å². The Bertz CT molecular complexity index is 166. The molecule has 0 amide bonds. The Kier molecular flexibility index (Phi) is 5.07. The molecule has 3 heteroatoms. The van der Waals surface area contributed by atoms with E-state index in [9.17, 15) is 0 Å². The van der Waals surface area contributed by atoms with Crippen LogP contribution in [0.5, 0.6) is 0 Å². The highest BCUT2D eigenvalue weighted by molar-refractivity contribution is 4.67. The second-order valence-electron chi connectivity index (χ2n) is 5.16. The van der Waals surface area contributed by atoms with E-state index < -0.39 is 6.41 Å². The third kappa shape index (κ3) is 4.04. The molecule has 0 bridgehead atoms. The third-order valence-corrected chi connectivity index (χ3v) is 3.76. The van der Waals surface area contributed by atoms with Crippen molar-refractivity contribution in [1.29, 1.82) is 0 Å². The van der Waals surface area contributed by atoms with E-state index >= 15 is 0 Å². The minimum absolute atomic E-state index is 0.340. The van der Waals surface area contributed by atoms with E-state index in [0.717, 1.165) is 25.7 Å². The molecule has 0 aromatic carbocycles. The molecule has 3 nitrogen and oxygen atoms in total. The molecule has 0 saturated heterocycles. The van der Waals surface area contributed by atoms with Gasteiger partial charge in [0.15, 0.2) is 0 Å². The lowest BCUT2D eigenvalue weighted by molar-refractivity contribution is -0.200. The van der Waals surface area contributed by atoms with Crippen molar-refractivity contribution < 1.29 is 9.47 Å². The van der Waals surface area contributed by atoms with Gasteiger partial charge in [-0.05, 0) is 25.7 Å². The van der Waals surface area contributed by atoms with Gasteiger partial charge in [-0.25, -0.2) is 0 Å². The second kappa shape index (κ2) is 6.58. The van der Waals surface area contributed by atoms with E-state index in [1.54, 1.807) is 0 Å². The first-order chi connectivity index (χ1) is 7.84. The number of ether oxygens (including phenoxy) is 2. The molecule has 2 N–H and O–H groups in total. The van der Waals surface area contributed by atoms with Crippen LogP contribution in [0.3, 0.4) is 0 Å². The van der Waals surface area contributed by atoms with E-state index in [1.807, 2.05) is 0 Å². The van der Waals surface area contributed by atoms with Crippen LogP contribution in [0.4, 0.5) is 0 Å². The number of rotatable bonds is 4. The predicted octanol–water partition coefficient (Wildman–Crippen LogP) is 2.93. The average Bonchev–Trinajstić information content (AvgIpc) is 2.31. The van der Waals surface area contributed by atoms with Gasteiger partial charge in [0, 0.05) is 0 Å². The van der Waals surface area contributed by atoms with Gasteiger partial charge in [-0.3, -0.25) is 5.73 Å². The smallest absolute Gasteiger partial charge is 0.213 e. The first-order valence-electron chi connectivity index (χ1n) is 6.91. The third-order valence-electron chi connectivity index (χ3n) is 3.76. The van der Waals surface area contributed by atoms with Gasteiger partial charge in [0.05, 0.1) is 12.2 Å². The Balaban J connectivity index is 1.64. The fourth-order valence-electron chi connectivity index (χ4n) is 2.81. The summed E-state index contributed by atoms with van der Waals surface area (Å²) in [5, 5.41) is 0. The second-order valence-corrected chi connectivity index (χ2v) is 5.16. The van der Waals surface area contributed by atoms with Gasteiger partial charge in [-0.2, -0.15) is 0 Å². The normalized spacial score (nSPS) is 25.1. The zero-order chi connectivity index (χ0) is 11.2. The number of hydrogen-bond acceptors (Lipinski definition) is 3. The van der Waals surface area contributed by atoms with Gasteiger partial charge < -0.3 is 9.47 Å². The van der Waals surface area contributed by atoms with Gasteiger partial charge in [-0.15, -0.1) is 0 Å². The fourth-order valence-corrected chi connectivity index (χ4v) is 2.81. The Hall–Kier alpha value is -0.120. The standard InChI is InChI=1S/C13H25NO2/c14-13(15-11-7-3-1-4-8-11)16-12-9-5-2-6-10-12/h11-13H,1-10,14H2. The maximum Gasteiger partial charge on any atom is 0.213 e. The summed E-state index contributed by atoms with van der Waals surface area (Å²) in [4.78, 5) is 0. The lowest BCUT2D eigenvalue weighted by atomic mass is 9.97. The van der Waals surface area contributed by atoms with Crippen molar-refractivity contribution >= 4 is 0 Å². The Morgan fingerprint density at radius 2 is 1.06 bits per heavy atom. The van der Waals surface area contributed by atoms with Crippen LogP contribution in [-0.2, 0) is 9.47 Å². The minimum atomic E-state index is -0.494. The molecule has 0 aromatic rings. The zero-order valence-electron chi connectivity index (χ0n) is 10.2. The highest BCUT2D eigenvalue weighted by atomic mass is 16.7. The highest BCUT2D eigenvalue weighted by Gasteiger charge is 2.21. The van der Waals surface area contributed by atoms with Crippen LogP contribution in [0.25, 0.3) is 0 Å². The van der Waals surface area contributed by atoms with Crippen LogP contribution < -0.4 is 5.73 Å². The summed E-state index contributed by atoms with van der Waals surface area (Å²) in [5.41, 5.74) is 5.89. The lowest BCUT2D eigenvalue weighted by Gasteiger charge is -2.29. The van der Waals surface area contributed by atoms with E-state index in [0.29, 0.717) is 12.2 Å². The molecule has 0 atom stereocenters. The molecule has 0 radical (unpaired) electrons. The highest BCUT2D eigenvalue weighted by Crippen LogP contribution is 2.24. The molecule has 0 heterocycles. The van der Waals surface area contributed by atoms with Crippen molar-refractivity contribution in [2.75, 3.05) is 0 Å². The predicted molar refractivity (Wildman–Crippen MR) is 63.9 cm³/mol. The molecule has 2 aliphatic carbocycles. The molecule has 16 heavy (non-hydrogen) atoms. The van der Waals surface area contributed by atoms with Gasteiger partial charge in [-0.1, -0.05) is 38.5 Å². The summed E-state index contributed by atoms with van der Waals surface area (Å²) in [6.45, 7) is 0. The summed E-state index contributed by atoms with van der Waals surface area (Å²) in [6.07, 6.45) is 12.6. The molecule has 2 rings (SSSR count). The minimum Gasteiger partial charge on any atom is -0.337 e. The molecule has 94 valence electrons. The van der Waals surface area contributed by atoms with Crippen molar-refractivity contribution in [2.24, 2.45) is 5.73 Å². The largest absolute Gasteiger partial charge is 0.337 e. The van der Waals surface area contributed by atoms with Gasteiger partial charge in [0.1, 0.15) is 0 Å². The van der Waals surface area contributed by atoms with Crippen molar-refractivity contribution in [1.82, 2.24) is 0 Å². The summed E-state index contributed by atoms with van der Waals surface area (Å²) in [5.74, 6) is 0. The lowest BCUT2D eigenvalue weighted by Crippen LogP contribution is -2.37. The van der Waals surface area contributed by atoms with Crippen LogP contribution in [0.15, 0.2) is 0 Å². The monoisotopic (exact) mass is 227 g/mol. The molecule has 2 saturated carbocycles. The maximum absolute atomic E-state index is 5.89. The van der Waals surface area contributed by atoms with Crippen LogP contribution in [-0.4, -0.2) is 18.6 Å². The quantitative estimate of drug-likeness (QED) is 0.751. The van der Waals surface area contributed by atoms with E-state index in [2.05, 4.69) is 0 Å². The molecule has 0 unspecified atom stereocenters. The van der Waals surface area contributed by atoms with Crippen molar-refractivity contribution in [3.8, 4) is 0 Å². The summed E-state index contributed by atoms with van der Waals surface area (Å²) in [6, 6.07) is 0. The fraction of sp³-hybridized carbons (Fsp3) is 1.00. The first kappa shape index (κ1) is 12.3. The average molecular weight is 227 g/mol. The van der Waals surface area contributed by atoms with Crippen molar-refractivity contribution in [3.05, 3.63) is 0 Å². The molecule has 0 spiro atoms. The van der Waals surface area contributed by atoms with Crippen LogP contribution >= 0.6 is 0 Å². The molecular formula is C13H25NO2. The Labute approximate surface area is 98.7 Å². The summed E-state index contributed by atoms with van der Waals surface area (Å²) < 4.78 is 11.5. The maximum atomic E-state index is 5.89. The van der Waals surface area contributed by atoms with E-state index in [-0.39, 0.29) is 0 Å². The van der Waals surface area contributed by atoms with Gasteiger partial charge in [0.2, 0.25) is 6.41 Å². The SMILES string of the molecule is NC(OC1CCCCC1)OC1CCCCC1. The molecular weight excluding hydrogens is 202 g/mol. The van der Waals surface area contributed by atoms with Crippen molar-refractivity contribution in [3.63, 3.8) is 0 Å². The van der Waals surface area contributed by atoms with Gasteiger partial charge >= 0.3 is 0 Å². The molecule has 2 aliphatic rings. The molecule has 0 aliphatic heterocycles. The van der Waals surface area contributed by atoms with Crippen LogP contribution in [0, 0.1) is 0 Å². The van der Waals surface area contributed by atoms with Crippen molar-refractivity contribution in [2.45, 2.75) is 82.8 Å². The molecule has 0 aromatic heterocycles. The zero-order valence-corrected chi connectivity index (χ0v) is 10.2. The Morgan fingerprint density at radius 1 is 0.688 bits per heavy atom.